The molecular formula is C15H11Br2ClN2O2. The van der Waals surface area contributed by atoms with Gasteiger partial charge in [-0.15, -0.1) is 0 Å². The van der Waals surface area contributed by atoms with Crippen molar-refractivity contribution in [3.63, 3.8) is 0 Å². The highest BCUT2D eigenvalue weighted by molar-refractivity contribution is 9.10. The largest absolute Gasteiger partial charge is 0.506 e. The minimum atomic E-state index is -0.251. The van der Waals surface area contributed by atoms with Crippen LogP contribution in [0.2, 0.25) is 5.02 Å². The van der Waals surface area contributed by atoms with Crippen molar-refractivity contribution in [1.29, 1.82) is 0 Å². The number of carbonyl (C=O) groups is 1. The van der Waals surface area contributed by atoms with Gasteiger partial charge in [-0.3, -0.25) is 4.79 Å². The van der Waals surface area contributed by atoms with Crippen LogP contribution in [0.1, 0.15) is 11.1 Å². The Morgan fingerprint density at radius 2 is 1.95 bits per heavy atom. The first-order chi connectivity index (χ1) is 10.5. The highest BCUT2D eigenvalue weighted by Crippen LogP contribution is 2.30. The molecule has 0 fully saturated rings. The second-order valence-corrected chi connectivity index (χ2v) is 6.63. The molecule has 0 saturated heterocycles. The first kappa shape index (κ1) is 17.0. The Balaban J connectivity index is 1.97. The van der Waals surface area contributed by atoms with Crippen LogP contribution in [0.15, 0.2) is 50.4 Å². The number of aromatic hydroxyl groups is 1. The molecule has 0 atom stereocenters. The second kappa shape index (κ2) is 7.76. The summed E-state index contributed by atoms with van der Waals surface area (Å²) in [6, 6.07) is 10.6. The summed E-state index contributed by atoms with van der Waals surface area (Å²) in [5.41, 5.74) is 3.69. The number of phenols is 1. The maximum absolute atomic E-state index is 11.8. The lowest BCUT2D eigenvalue weighted by Gasteiger charge is -2.03. The Bertz CT molecular complexity index is 718. The van der Waals surface area contributed by atoms with Gasteiger partial charge in [0.05, 0.1) is 17.1 Å². The van der Waals surface area contributed by atoms with E-state index in [1.165, 1.54) is 6.21 Å². The number of halogens is 3. The summed E-state index contributed by atoms with van der Waals surface area (Å²) >= 11 is 12.4. The number of rotatable bonds is 4. The molecule has 7 heteroatoms. The third-order valence-electron chi connectivity index (χ3n) is 2.73. The van der Waals surface area contributed by atoms with Crippen molar-refractivity contribution >= 4 is 55.6 Å². The minimum Gasteiger partial charge on any atom is -0.506 e. The zero-order valence-corrected chi connectivity index (χ0v) is 15.1. The number of nitrogens with one attached hydrogen (secondary N) is 1. The van der Waals surface area contributed by atoms with Gasteiger partial charge in [0.25, 0.3) is 0 Å². The molecule has 0 spiro atoms. The van der Waals surface area contributed by atoms with Crippen molar-refractivity contribution in [3.05, 3.63) is 61.5 Å². The maximum atomic E-state index is 11.8. The van der Waals surface area contributed by atoms with Crippen LogP contribution in [-0.4, -0.2) is 17.2 Å². The van der Waals surface area contributed by atoms with Gasteiger partial charge in [0.15, 0.2) is 0 Å². The van der Waals surface area contributed by atoms with Crippen LogP contribution < -0.4 is 5.43 Å². The van der Waals surface area contributed by atoms with Gasteiger partial charge in [-0.1, -0.05) is 39.7 Å². The van der Waals surface area contributed by atoms with Crippen LogP contribution in [-0.2, 0) is 11.2 Å². The zero-order valence-electron chi connectivity index (χ0n) is 11.2. The quantitative estimate of drug-likeness (QED) is 0.545. The Morgan fingerprint density at radius 3 is 2.64 bits per heavy atom. The van der Waals surface area contributed by atoms with E-state index in [1.807, 2.05) is 24.3 Å². The van der Waals surface area contributed by atoms with Crippen molar-refractivity contribution < 1.29 is 9.90 Å². The Labute approximate surface area is 149 Å². The Kier molecular flexibility index (Phi) is 5.99. The van der Waals surface area contributed by atoms with Crippen molar-refractivity contribution in [2.45, 2.75) is 6.42 Å². The van der Waals surface area contributed by atoms with E-state index in [0.29, 0.717) is 15.1 Å². The van der Waals surface area contributed by atoms with E-state index < -0.39 is 0 Å². The average Bonchev–Trinajstić information content (AvgIpc) is 2.46. The van der Waals surface area contributed by atoms with Crippen molar-refractivity contribution in [2.75, 3.05) is 0 Å². The summed E-state index contributed by atoms with van der Waals surface area (Å²) in [7, 11) is 0. The number of phenolic OH excluding ortho intramolecular Hbond substituents is 1. The van der Waals surface area contributed by atoms with Crippen molar-refractivity contribution in [2.24, 2.45) is 5.10 Å². The monoisotopic (exact) mass is 444 g/mol. The van der Waals surface area contributed by atoms with Gasteiger partial charge < -0.3 is 5.11 Å². The lowest BCUT2D eigenvalue weighted by Crippen LogP contribution is -2.19. The van der Waals surface area contributed by atoms with Crippen LogP contribution in [0, 0.1) is 0 Å². The minimum absolute atomic E-state index is 0.00954. The molecule has 0 aliphatic rings. The molecule has 2 rings (SSSR count). The van der Waals surface area contributed by atoms with E-state index in [2.05, 4.69) is 42.4 Å². The van der Waals surface area contributed by atoms with Crippen LogP contribution in [0.4, 0.5) is 0 Å². The molecule has 0 aromatic heterocycles. The number of benzene rings is 2. The van der Waals surface area contributed by atoms with E-state index in [-0.39, 0.29) is 18.1 Å². The van der Waals surface area contributed by atoms with Crippen molar-refractivity contribution in [3.8, 4) is 5.75 Å². The molecule has 0 heterocycles. The van der Waals surface area contributed by atoms with Gasteiger partial charge in [-0.05, 0) is 45.8 Å². The van der Waals surface area contributed by atoms with E-state index in [1.54, 1.807) is 12.1 Å². The molecule has 0 bridgehead atoms. The Hall–Kier alpha value is -1.37. The topological polar surface area (TPSA) is 61.7 Å². The predicted octanol–water partition coefficient (Wildman–Crippen LogP) is 4.26. The van der Waals surface area contributed by atoms with Gasteiger partial charge in [0.1, 0.15) is 5.75 Å². The molecule has 0 saturated carbocycles. The molecule has 2 N–H and O–H groups in total. The molecule has 114 valence electrons. The number of nitrogens with zero attached hydrogens (tertiary/aromatic N) is 1. The van der Waals surface area contributed by atoms with Crippen LogP contribution in [0.5, 0.6) is 5.75 Å². The molecular weight excluding hydrogens is 435 g/mol. The van der Waals surface area contributed by atoms with Crippen LogP contribution in [0.25, 0.3) is 0 Å². The summed E-state index contributed by atoms with van der Waals surface area (Å²) in [5, 5.41) is 14.1. The summed E-state index contributed by atoms with van der Waals surface area (Å²) in [6.07, 6.45) is 1.56. The number of carbonyl (C=O) groups excluding carboxylic acids is 1. The van der Waals surface area contributed by atoms with Crippen LogP contribution >= 0.6 is 43.5 Å². The third kappa shape index (κ3) is 4.83. The lowest BCUT2D eigenvalue weighted by molar-refractivity contribution is -0.120. The maximum Gasteiger partial charge on any atom is 0.244 e. The SMILES string of the molecule is O=C(Cc1ccc(Br)cc1)N/N=C/c1cc(Cl)cc(Br)c1O. The fraction of sp³-hybridized carbons (Fsp3) is 0.0667. The van der Waals surface area contributed by atoms with Gasteiger partial charge in [0, 0.05) is 15.1 Å². The van der Waals surface area contributed by atoms with Gasteiger partial charge >= 0.3 is 0 Å². The van der Waals surface area contributed by atoms with Gasteiger partial charge in [-0.2, -0.15) is 5.10 Å². The molecule has 22 heavy (non-hydrogen) atoms. The van der Waals surface area contributed by atoms with Crippen LogP contribution in [0.3, 0.4) is 0 Å². The van der Waals surface area contributed by atoms with Crippen molar-refractivity contribution in [1.82, 2.24) is 5.43 Å². The average molecular weight is 447 g/mol. The first-order valence-electron chi connectivity index (χ1n) is 6.20. The summed E-state index contributed by atoms with van der Waals surface area (Å²) in [6.45, 7) is 0. The third-order valence-corrected chi connectivity index (χ3v) is 4.08. The number of hydrazone groups is 1. The summed E-state index contributed by atoms with van der Waals surface area (Å²) in [4.78, 5) is 11.8. The zero-order chi connectivity index (χ0) is 16.1. The predicted molar refractivity (Wildman–Crippen MR) is 94.4 cm³/mol. The molecule has 1 amide bonds. The lowest BCUT2D eigenvalue weighted by atomic mass is 10.1. The number of amides is 1. The van der Waals surface area contributed by atoms with Gasteiger partial charge in [-0.25, -0.2) is 5.43 Å². The second-order valence-electron chi connectivity index (χ2n) is 4.42. The molecule has 0 radical (unpaired) electrons. The highest BCUT2D eigenvalue weighted by Gasteiger charge is 2.06. The smallest absolute Gasteiger partial charge is 0.244 e. The van der Waals surface area contributed by atoms with E-state index in [9.17, 15) is 9.90 Å². The molecule has 0 aliphatic carbocycles. The van der Waals surface area contributed by atoms with Gasteiger partial charge in [0.2, 0.25) is 5.91 Å². The molecule has 2 aromatic carbocycles. The molecule has 4 nitrogen and oxygen atoms in total. The van der Waals surface area contributed by atoms with E-state index in [4.69, 9.17) is 11.6 Å². The molecule has 0 aliphatic heterocycles. The normalized spacial score (nSPS) is 10.9. The molecule has 2 aromatic rings. The summed E-state index contributed by atoms with van der Waals surface area (Å²) in [5.74, 6) is -0.241. The van der Waals surface area contributed by atoms with E-state index in [0.717, 1.165) is 10.0 Å². The standard InChI is InChI=1S/C15H11Br2ClN2O2/c16-11-3-1-9(2-4-11)5-14(21)20-19-8-10-6-12(18)7-13(17)15(10)22/h1-4,6-8,22H,5H2,(H,20,21)/b19-8+. The fourth-order valence-corrected chi connectivity index (χ4v) is 2.78. The first-order valence-corrected chi connectivity index (χ1v) is 8.16. The highest BCUT2D eigenvalue weighted by atomic mass is 79.9. The molecule has 0 unspecified atom stereocenters. The number of hydrogen-bond donors (Lipinski definition) is 2. The fourth-order valence-electron chi connectivity index (χ4n) is 1.69. The number of hydrogen-bond acceptors (Lipinski definition) is 3. The summed E-state index contributed by atoms with van der Waals surface area (Å²) < 4.78 is 1.42. The van der Waals surface area contributed by atoms with E-state index >= 15 is 0 Å². The Morgan fingerprint density at radius 1 is 1.27 bits per heavy atom.